The van der Waals surface area contributed by atoms with E-state index in [0.717, 1.165) is 0 Å². The Morgan fingerprint density at radius 2 is 1.88 bits per heavy atom. The zero-order valence-corrected chi connectivity index (χ0v) is 13.2. The van der Waals surface area contributed by atoms with E-state index in [2.05, 4.69) is 0 Å². The van der Waals surface area contributed by atoms with Gasteiger partial charge in [0.25, 0.3) is 0 Å². The SMILES string of the molecule is N[C@@H](CCSSCCS(=O)(=O)[O-])C(=O)O.[Na+]. The number of carbonyl (C=O) groups is 1. The molecule has 0 amide bonds. The molecule has 0 aliphatic rings. The molecule has 0 spiro atoms. The monoisotopic (exact) mass is 297 g/mol. The van der Waals surface area contributed by atoms with E-state index >= 15 is 0 Å². The summed E-state index contributed by atoms with van der Waals surface area (Å²) in [6.07, 6.45) is 0.317. The van der Waals surface area contributed by atoms with E-state index in [1.54, 1.807) is 0 Å². The summed E-state index contributed by atoms with van der Waals surface area (Å²) in [5, 5.41) is 8.43. The van der Waals surface area contributed by atoms with Crippen LogP contribution in [0.2, 0.25) is 0 Å². The second-order valence-electron chi connectivity index (χ2n) is 2.64. The molecule has 0 bridgehead atoms. The molecule has 16 heavy (non-hydrogen) atoms. The van der Waals surface area contributed by atoms with Crippen LogP contribution in [0.25, 0.3) is 0 Å². The first-order valence-electron chi connectivity index (χ1n) is 3.99. The quantitative estimate of drug-likeness (QED) is 0.207. The van der Waals surface area contributed by atoms with Crippen molar-refractivity contribution in [2.24, 2.45) is 5.73 Å². The molecule has 6 nitrogen and oxygen atoms in total. The molecule has 0 saturated heterocycles. The maximum atomic E-state index is 10.3. The van der Waals surface area contributed by atoms with Gasteiger partial charge in [-0.05, 0) is 6.42 Å². The van der Waals surface area contributed by atoms with Gasteiger partial charge in [-0.1, -0.05) is 21.6 Å². The first-order valence-corrected chi connectivity index (χ1v) is 8.06. The van der Waals surface area contributed by atoms with Gasteiger partial charge in [0.1, 0.15) is 6.04 Å². The summed E-state index contributed by atoms with van der Waals surface area (Å²) in [7, 11) is -1.61. The van der Waals surface area contributed by atoms with Crippen molar-refractivity contribution in [1.29, 1.82) is 0 Å². The topological polar surface area (TPSA) is 121 Å². The molecule has 0 aliphatic heterocycles. The Bertz CT molecular complexity index is 297. The first-order chi connectivity index (χ1) is 6.83. The van der Waals surface area contributed by atoms with Crippen molar-refractivity contribution >= 4 is 37.7 Å². The maximum Gasteiger partial charge on any atom is 1.00 e. The van der Waals surface area contributed by atoms with Crippen LogP contribution in [0, 0.1) is 0 Å². The fourth-order valence-electron chi connectivity index (χ4n) is 0.552. The molecule has 0 radical (unpaired) electrons. The van der Waals surface area contributed by atoms with Crippen LogP contribution >= 0.6 is 21.6 Å². The maximum absolute atomic E-state index is 10.3. The van der Waals surface area contributed by atoms with Gasteiger partial charge in [-0.2, -0.15) is 0 Å². The summed E-state index contributed by atoms with van der Waals surface area (Å²) in [5.41, 5.74) is 5.23. The molecule has 0 aliphatic carbocycles. The molecule has 90 valence electrons. The summed E-state index contributed by atoms with van der Waals surface area (Å²) in [5.74, 6) is -0.742. The Morgan fingerprint density at radius 3 is 2.31 bits per heavy atom. The van der Waals surface area contributed by atoms with Crippen LogP contribution in [0.5, 0.6) is 0 Å². The second-order valence-corrected chi connectivity index (χ2v) is 6.86. The second kappa shape index (κ2) is 10.0. The number of rotatable bonds is 8. The minimum Gasteiger partial charge on any atom is -0.748 e. The molecule has 1 atom stereocenters. The summed E-state index contributed by atoms with van der Waals surface area (Å²) in [6, 6.07) is -0.888. The molecule has 0 rings (SSSR count). The first kappa shape index (κ1) is 19.4. The summed E-state index contributed by atoms with van der Waals surface area (Å²) >= 11 is 0. The molecule has 0 aromatic carbocycles. The van der Waals surface area contributed by atoms with Gasteiger partial charge >= 0.3 is 35.5 Å². The van der Waals surface area contributed by atoms with Gasteiger partial charge in [0.15, 0.2) is 0 Å². The van der Waals surface area contributed by atoms with E-state index in [1.165, 1.54) is 21.6 Å². The number of carboxylic acids is 1. The van der Waals surface area contributed by atoms with E-state index in [0.29, 0.717) is 12.2 Å². The third-order valence-corrected chi connectivity index (χ3v) is 4.73. The van der Waals surface area contributed by atoms with Gasteiger partial charge in [0.2, 0.25) is 0 Å². The van der Waals surface area contributed by atoms with E-state index in [9.17, 15) is 17.8 Å². The molecular formula is C6H12NNaO5S3. The van der Waals surface area contributed by atoms with E-state index < -0.39 is 27.9 Å². The summed E-state index contributed by atoms with van der Waals surface area (Å²) in [6.45, 7) is 0. The van der Waals surface area contributed by atoms with Crippen LogP contribution in [-0.2, 0) is 14.9 Å². The van der Waals surface area contributed by atoms with Crippen LogP contribution in [0.1, 0.15) is 6.42 Å². The smallest absolute Gasteiger partial charge is 0.748 e. The van der Waals surface area contributed by atoms with Crippen molar-refractivity contribution < 1.29 is 52.4 Å². The van der Waals surface area contributed by atoms with Gasteiger partial charge in [-0.15, -0.1) is 0 Å². The number of carboxylic acid groups (broad SMARTS) is 1. The predicted molar refractivity (Wildman–Crippen MR) is 59.7 cm³/mol. The largest absolute Gasteiger partial charge is 1.00 e. The number of nitrogens with two attached hydrogens (primary N) is 1. The van der Waals surface area contributed by atoms with E-state index in [4.69, 9.17) is 10.8 Å². The van der Waals surface area contributed by atoms with Crippen LogP contribution in [0.15, 0.2) is 0 Å². The van der Waals surface area contributed by atoms with Crippen molar-refractivity contribution in [3.63, 3.8) is 0 Å². The Balaban J connectivity index is 0. The fourth-order valence-corrected chi connectivity index (χ4v) is 3.84. The van der Waals surface area contributed by atoms with Crippen molar-refractivity contribution in [2.75, 3.05) is 17.3 Å². The van der Waals surface area contributed by atoms with Gasteiger partial charge in [0, 0.05) is 17.3 Å². The number of hydrogen-bond acceptors (Lipinski definition) is 7. The van der Waals surface area contributed by atoms with Crippen molar-refractivity contribution in [3.05, 3.63) is 0 Å². The molecule has 0 heterocycles. The predicted octanol–water partition coefficient (Wildman–Crippen LogP) is -3.28. The molecule has 0 unspecified atom stereocenters. The molecule has 0 aromatic rings. The Morgan fingerprint density at radius 1 is 1.38 bits per heavy atom. The fraction of sp³-hybridized carbons (Fsp3) is 0.833. The van der Waals surface area contributed by atoms with Gasteiger partial charge in [0.05, 0.1) is 10.1 Å². The van der Waals surface area contributed by atoms with Crippen LogP contribution in [0.4, 0.5) is 0 Å². The van der Waals surface area contributed by atoms with Gasteiger partial charge < -0.3 is 15.4 Å². The van der Waals surface area contributed by atoms with Crippen molar-refractivity contribution in [3.8, 4) is 0 Å². The number of hydrogen-bond donors (Lipinski definition) is 2. The number of aliphatic carboxylic acids is 1. The Labute approximate surface area is 125 Å². The van der Waals surface area contributed by atoms with E-state index in [1.807, 2.05) is 0 Å². The normalized spacial score (nSPS) is 12.9. The molecule has 10 heteroatoms. The van der Waals surface area contributed by atoms with Crippen molar-refractivity contribution in [2.45, 2.75) is 12.5 Å². The standard InChI is InChI=1S/C6H13NO5S3.Na/c7-5(6(8)9)1-2-13-14-3-4-15(10,11)12;/h5H,1-4,7H2,(H,8,9)(H,10,11,12);/q;+1/p-1/t5-;/m0./s1. The van der Waals surface area contributed by atoms with Crippen LogP contribution < -0.4 is 35.3 Å². The average Bonchev–Trinajstić information content (AvgIpc) is 2.08. The molecular weight excluding hydrogens is 285 g/mol. The third kappa shape index (κ3) is 13.1. The summed E-state index contributed by atoms with van der Waals surface area (Å²) < 4.78 is 30.6. The molecule has 3 N–H and O–H groups in total. The van der Waals surface area contributed by atoms with Crippen LogP contribution in [-0.4, -0.2) is 47.3 Å². The molecule has 0 saturated carbocycles. The Hall–Kier alpha value is 1.04. The zero-order valence-electron chi connectivity index (χ0n) is 8.79. The van der Waals surface area contributed by atoms with E-state index in [-0.39, 0.29) is 35.3 Å². The van der Waals surface area contributed by atoms with Crippen molar-refractivity contribution in [1.82, 2.24) is 0 Å². The minimum atomic E-state index is -4.14. The summed E-state index contributed by atoms with van der Waals surface area (Å²) in [4.78, 5) is 10.3. The minimum absolute atomic E-state index is 0. The van der Waals surface area contributed by atoms with Gasteiger partial charge in [-0.25, -0.2) is 8.42 Å². The third-order valence-electron chi connectivity index (χ3n) is 1.33. The Kier molecular flexibility index (Phi) is 12.1. The van der Waals surface area contributed by atoms with Gasteiger partial charge in [-0.3, -0.25) is 4.79 Å². The zero-order chi connectivity index (χ0) is 11.9. The average molecular weight is 297 g/mol. The molecule has 0 aromatic heterocycles. The van der Waals surface area contributed by atoms with Crippen LogP contribution in [0.3, 0.4) is 0 Å². The molecule has 0 fully saturated rings.